The highest BCUT2D eigenvalue weighted by atomic mass is 14.7. The van der Waals surface area contributed by atoms with Crippen LogP contribution in [0.25, 0.3) is 66.0 Å². The van der Waals surface area contributed by atoms with Crippen molar-refractivity contribution in [1.29, 1.82) is 0 Å². The Hall–Kier alpha value is -4.56. The van der Waals surface area contributed by atoms with Crippen LogP contribution in [0.5, 0.6) is 0 Å². The van der Waals surface area contributed by atoms with E-state index in [1.54, 1.807) is 0 Å². The molecule has 0 unspecified atom stereocenters. The zero-order valence-electron chi connectivity index (χ0n) is 20.3. The lowest BCUT2D eigenvalue weighted by molar-refractivity contribution is 1.26. The molecule has 2 nitrogen and oxygen atoms in total. The van der Waals surface area contributed by atoms with E-state index in [9.17, 15) is 0 Å². The number of rotatable bonds is 3. The van der Waals surface area contributed by atoms with Crippen LogP contribution in [-0.2, 0) is 0 Å². The van der Waals surface area contributed by atoms with Crippen molar-refractivity contribution in [1.82, 2.24) is 9.97 Å². The van der Waals surface area contributed by atoms with Crippen molar-refractivity contribution in [3.63, 3.8) is 0 Å². The fourth-order valence-corrected chi connectivity index (χ4v) is 5.45. The average Bonchev–Trinajstić information content (AvgIpc) is 2.93. The van der Waals surface area contributed by atoms with E-state index in [1.165, 1.54) is 54.9 Å². The van der Waals surface area contributed by atoms with Gasteiger partial charge in [-0.05, 0) is 65.4 Å². The summed E-state index contributed by atoms with van der Waals surface area (Å²) in [5.41, 5.74) is 11.4. The van der Waals surface area contributed by atoms with Crippen LogP contribution in [0.1, 0.15) is 11.4 Å². The summed E-state index contributed by atoms with van der Waals surface area (Å²) in [5.74, 6) is 0. The lowest BCUT2D eigenvalue weighted by Crippen LogP contribution is -1.96. The Bertz CT molecular complexity index is 1870. The van der Waals surface area contributed by atoms with Gasteiger partial charge in [0, 0.05) is 32.9 Å². The van der Waals surface area contributed by atoms with Crippen molar-refractivity contribution in [3.8, 4) is 33.4 Å². The van der Waals surface area contributed by atoms with Gasteiger partial charge in [0.1, 0.15) is 0 Å². The van der Waals surface area contributed by atoms with Crippen LogP contribution in [0.4, 0.5) is 0 Å². The normalized spacial score (nSPS) is 11.6. The van der Waals surface area contributed by atoms with Crippen molar-refractivity contribution in [2.45, 2.75) is 13.8 Å². The van der Waals surface area contributed by atoms with E-state index in [0.29, 0.717) is 0 Å². The Labute approximate surface area is 210 Å². The molecular weight excluding hydrogens is 436 g/mol. The summed E-state index contributed by atoms with van der Waals surface area (Å²) in [4.78, 5) is 9.94. The van der Waals surface area contributed by atoms with Gasteiger partial charge in [-0.1, -0.05) is 91.0 Å². The highest BCUT2D eigenvalue weighted by Crippen LogP contribution is 2.38. The summed E-state index contributed by atoms with van der Waals surface area (Å²) >= 11 is 0. The molecular formula is C34H24N2. The second-order valence-electron chi connectivity index (χ2n) is 9.53. The van der Waals surface area contributed by atoms with Crippen molar-refractivity contribution in [3.05, 3.63) is 121 Å². The molecule has 0 saturated carbocycles. The first-order valence-corrected chi connectivity index (χ1v) is 12.3. The van der Waals surface area contributed by atoms with E-state index in [4.69, 9.17) is 9.97 Å². The van der Waals surface area contributed by atoms with Crippen molar-refractivity contribution in [2.24, 2.45) is 0 Å². The fourth-order valence-electron chi connectivity index (χ4n) is 5.45. The molecule has 0 fully saturated rings. The monoisotopic (exact) mass is 460 g/mol. The average molecular weight is 461 g/mol. The van der Waals surface area contributed by atoms with Gasteiger partial charge in [0.05, 0.1) is 11.0 Å². The van der Waals surface area contributed by atoms with Crippen LogP contribution in [-0.4, -0.2) is 9.97 Å². The third-order valence-corrected chi connectivity index (χ3v) is 7.31. The molecule has 0 bridgehead atoms. The predicted octanol–water partition coefficient (Wildman–Crippen LogP) is 8.99. The maximum atomic E-state index is 5.00. The van der Waals surface area contributed by atoms with E-state index in [2.05, 4.69) is 123 Å². The van der Waals surface area contributed by atoms with Crippen molar-refractivity contribution >= 4 is 32.6 Å². The predicted molar refractivity (Wildman–Crippen MR) is 152 cm³/mol. The number of benzene rings is 5. The molecule has 2 aromatic heterocycles. The van der Waals surface area contributed by atoms with Gasteiger partial charge in [-0.15, -0.1) is 0 Å². The van der Waals surface area contributed by atoms with Gasteiger partial charge in [-0.2, -0.15) is 0 Å². The van der Waals surface area contributed by atoms with Gasteiger partial charge in [0.25, 0.3) is 0 Å². The van der Waals surface area contributed by atoms with Gasteiger partial charge < -0.3 is 0 Å². The minimum Gasteiger partial charge on any atom is -0.252 e. The number of pyridine rings is 2. The lowest BCUT2D eigenvalue weighted by atomic mass is 9.93. The molecule has 2 heterocycles. The van der Waals surface area contributed by atoms with E-state index >= 15 is 0 Å². The molecule has 0 aliphatic carbocycles. The maximum Gasteiger partial charge on any atom is 0.0725 e. The summed E-state index contributed by atoms with van der Waals surface area (Å²) in [6.07, 6.45) is 0. The highest BCUT2D eigenvalue weighted by molar-refractivity contribution is 6.22. The molecule has 7 aromatic rings. The standard InChI is InChI=1S/C34H24N2/c1-21-29-9-6-10-31-33(29)34-30(22(2)35-31)19-28(20-32(34)36-21)27-17-15-26(16-18-27)25-13-11-24(12-14-25)23-7-4-3-5-8-23/h3-20H,1-2H3. The number of hydrogen-bond acceptors (Lipinski definition) is 2. The van der Waals surface area contributed by atoms with Crippen LogP contribution in [0, 0.1) is 13.8 Å². The van der Waals surface area contributed by atoms with Crippen molar-refractivity contribution in [2.75, 3.05) is 0 Å². The minimum atomic E-state index is 1.04. The Kier molecular flexibility index (Phi) is 4.62. The molecule has 0 amide bonds. The molecule has 0 atom stereocenters. The van der Waals surface area contributed by atoms with Crippen molar-refractivity contribution < 1.29 is 0 Å². The van der Waals surface area contributed by atoms with Gasteiger partial charge in [-0.3, -0.25) is 9.97 Å². The number of aromatic nitrogens is 2. The summed E-state index contributed by atoms with van der Waals surface area (Å²) < 4.78 is 0. The molecule has 0 aliphatic rings. The zero-order valence-corrected chi connectivity index (χ0v) is 20.3. The van der Waals surface area contributed by atoms with Gasteiger partial charge in [0.15, 0.2) is 0 Å². The second-order valence-corrected chi connectivity index (χ2v) is 9.53. The quantitative estimate of drug-likeness (QED) is 0.246. The topological polar surface area (TPSA) is 25.8 Å². The van der Waals surface area contributed by atoms with Gasteiger partial charge >= 0.3 is 0 Å². The Morgan fingerprint density at radius 2 is 0.889 bits per heavy atom. The van der Waals surface area contributed by atoms with Crippen LogP contribution in [0.15, 0.2) is 109 Å². The molecule has 0 saturated heterocycles. The van der Waals surface area contributed by atoms with Crippen LogP contribution in [0.3, 0.4) is 0 Å². The molecule has 170 valence electrons. The zero-order chi connectivity index (χ0) is 24.2. The summed E-state index contributed by atoms with van der Waals surface area (Å²) in [5, 5.41) is 4.81. The molecule has 0 N–H and O–H groups in total. The van der Waals surface area contributed by atoms with E-state index in [-0.39, 0.29) is 0 Å². The number of hydrogen-bond donors (Lipinski definition) is 0. The van der Waals surface area contributed by atoms with Crippen LogP contribution >= 0.6 is 0 Å². The first-order chi connectivity index (χ1) is 17.7. The molecule has 0 radical (unpaired) electrons. The smallest absolute Gasteiger partial charge is 0.0725 e. The first-order valence-electron chi connectivity index (χ1n) is 12.3. The summed E-state index contributed by atoms with van der Waals surface area (Å²) in [6, 6.07) is 39.0. The SMILES string of the molecule is Cc1nc2cc(-c3ccc(-c4ccc(-c5ccccc5)cc4)cc3)cc3c(C)nc4cccc1c4c23. The minimum absolute atomic E-state index is 1.04. The summed E-state index contributed by atoms with van der Waals surface area (Å²) in [7, 11) is 0. The van der Waals surface area contributed by atoms with Crippen LogP contribution < -0.4 is 0 Å². The highest BCUT2D eigenvalue weighted by Gasteiger charge is 2.16. The number of nitrogens with zero attached hydrogens (tertiary/aromatic N) is 2. The van der Waals surface area contributed by atoms with E-state index in [1.807, 2.05) is 0 Å². The number of aryl methyl sites for hydroxylation is 2. The van der Waals surface area contributed by atoms with Crippen LogP contribution in [0.2, 0.25) is 0 Å². The van der Waals surface area contributed by atoms with Gasteiger partial charge in [-0.25, -0.2) is 0 Å². The Balaban J connectivity index is 1.30. The lowest BCUT2D eigenvalue weighted by Gasteiger charge is -2.15. The molecule has 7 rings (SSSR count). The molecule has 0 spiro atoms. The molecule has 2 heteroatoms. The largest absolute Gasteiger partial charge is 0.252 e. The summed E-state index contributed by atoms with van der Waals surface area (Å²) in [6.45, 7) is 4.19. The maximum absolute atomic E-state index is 5.00. The van der Waals surface area contributed by atoms with E-state index < -0.39 is 0 Å². The Morgan fingerprint density at radius 3 is 1.53 bits per heavy atom. The Morgan fingerprint density at radius 1 is 0.389 bits per heavy atom. The fraction of sp³-hybridized carbons (Fsp3) is 0.0588. The van der Waals surface area contributed by atoms with Gasteiger partial charge in [0.2, 0.25) is 0 Å². The van der Waals surface area contributed by atoms with E-state index in [0.717, 1.165) is 22.4 Å². The first kappa shape index (κ1) is 20.8. The molecule has 5 aromatic carbocycles. The molecule has 0 aliphatic heterocycles. The third-order valence-electron chi connectivity index (χ3n) is 7.31. The second kappa shape index (κ2) is 8.00. The third kappa shape index (κ3) is 3.26. The molecule has 36 heavy (non-hydrogen) atoms.